The van der Waals surface area contributed by atoms with Crippen LogP contribution in [0.25, 0.3) is 0 Å². The molecule has 7 heteroatoms. The molecule has 1 aromatic carbocycles. The molecular weight excluding hydrogens is 293 g/mol. The largest absolute Gasteiger partial charge is 0.283 e. The Morgan fingerprint density at radius 1 is 1.14 bits per heavy atom. The molecule has 0 aliphatic carbocycles. The molecule has 114 valence electrons. The van der Waals surface area contributed by atoms with Crippen LogP contribution in [0.2, 0.25) is 0 Å². The summed E-state index contributed by atoms with van der Waals surface area (Å²) in [7, 11) is -3.60. The molecule has 0 aromatic heterocycles. The quantitative estimate of drug-likeness (QED) is 0.847. The first kappa shape index (κ1) is 15.9. The van der Waals surface area contributed by atoms with Crippen molar-refractivity contribution in [2.75, 3.05) is 26.2 Å². The van der Waals surface area contributed by atoms with Crippen molar-refractivity contribution in [3.63, 3.8) is 0 Å². The number of benzene rings is 1. The maximum Gasteiger partial charge on any atom is 0.243 e. The van der Waals surface area contributed by atoms with E-state index in [1.54, 1.807) is 0 Å². The molecule has 1 aliphatic heterocycles. The normalized spacial score (nSPS) is 18.4. The highest BCUT2D eigenvalue weighted by Crippen LogP contribution is 2.21. The van der Waals surface area contributed by atoms with E-state index in [-0.39, 0.29) is 4.90 Å². The molecule has 0 atom stereocenters. The fraction of sp³-hybridized carbons (Fsp3) is 0.500. The predicted molar refractivity (Wildman–Crippen MR) is 76.4 cm³/mol. The van der Waals surface area contributed by atoms with Crippen LogP contribution >= 0.6 is 0 Å². The Bertz CT molecular complexity index is 642. The maximum atomic E-state index is 12.9. The van der Waals surface area contributed by atoms with Crippen molar-refractivity contribution < 1.29 is 12.8 Å². The predicted octanol–water partition coefficient (Wildman–Crippen LogP) is 1.43. The third-order valence-corrected chi connectivity index (χ3v) is 5.67. The van der Waals surface area contributed by atoms with Crippen LogP contribution in [0.1, 0.15) is 13.8 Å². The summed E-state index contributed by atoms with van der Waals surface area (Å²) in [4.78, 5) is 2.06. The average molecular weight is 311 g/mol. The fourth-order valence-corrected chi connectivity index (χ4v) is 3.74. The van der Waals surface area contributed by atoms with E-state index in [0.29, 0.717) is 26.2 Å². The molecule has 0 N–H and O–H groups in total. The molecule has 0 unspecified atom stereocenters. The van der Waals surface area contributed by atoms with Crippen molar-refractivity contribution >= 4 is 10.0 Å². The minimum atomic E-state index is -3.60. The maximum absolute atomic E-state index is 12.9. The van der Waals surface area contributed by atoms with E-state index in [1.165, 1.54) is 16.4 Å². The lowest BCUT2D eigenvalue weighted by Crippen LogP contribution is -2.55. The number of nitriles is 1. The first-order valence-corrected chi connectivity index (χ1v) is 8.13. The van der Waals surface area contributed by atoms with E-state index in [2.05, 4.69) is 6.07 Å². The molecule has 2 rings (SSSR count). The third kappa shape index (κ3) is 3.23. The van der Waals surface area contributed by atoms with Crippen LogP contribution in [0.4, 0.5) is 4.39 Å². The van der Waals surface area contributed by atoms with Crippen molar-refractivity contribution in [2.24, 2.45) is 0 Å². The number of hydrogen-bond donors (Lipinski definition) is 0. The van der Waals surface area contributed by atoms with Gasteiger partial charge < -0.3 is 0 Å². The van der Waals surface area contributed by atoms with E-state index in [0.717, 1.165) is 12.1 Å². The second kappa shape index (κ2) is 5.72. The highest BCUT2D eigenvalue weighted by molar-refractivity contribution is 7.89. The fourth-order valence-electron chi connectivity index (χ4n) is 2.31. The number of nitrogens with zero attached hydrogens (tertiary/aromatic N) is 3. The van der Waals surface area contributed by atoms with Crippen LogP contribution in [-0.2, 0) is 10.0 Å². The van der Waals surface area contributed by atoms with Gasteiger partial charge in [0.2, 0.25) is 10.0 Å². The Hall–Kier alpha value is -1.49. The Morgan fingerprint density at radius 3 is 2.14 bits per heavy atom. The van der Waals surface area contributed by atoms with Crippen LogP contribution < -0.4 is 0 Å². The second-order valence-electron chi connectivity index (χ2n) is 5.52. The van der Waals surface area contributed by atoms with Gasteiger partial charge in [-0.1, -0.05) is 0 Å². The molecule has 1 aliphatic rings. The van der Waals surface area contributed by atoms with Crippen molar-refractivity contribution in [1.82, 2.24) is 9.21 Å². The molecule has 1 fully saturated rings. The summed E-state index contributed by atoms with van der Waals surface area (Å²) < 4.78 is 39.2. The van der Waals surface area contributed by atoms with Crippen LogP contribution in [0.5, 0.6) is 0 Å². The topological polar surface area (TPSA) is 64.4 Å². The standard InChI is InChI=1S/C14H18FN3O2S/c1-14(2,11-16)17-7-9-18(10-8-17)21(19,20)13-5-3-12(15)4-6-13/h3-6H,7-10H2,1-2H3. The van der Waals surface area contributed by atoms with Crippen molar-refractivity contribution in [3.05, 3.63) is 30.1 Å². The van der Waals surface area contributed by atoms with Crippen LogP contribution in [0.15, 0.2) is 29.2 Å². The minimum absolute atomic E-state index is 0.0943. The van der Waals surface area contributed by atoms with E-state index in [1.807, 2.05) is 18.7 Å². The number of halogens is 1. The number of rotatable bonds is 3. The number of sulfonamides is 1. The monoisotopic (exact) mass is 311 g/mol. The number of piperazine rings is 1. The smallest absolute Gasteiger partial charge is 0.243 e. The summed E-state index contributed by atoms with van der Waals surface area (Å²) in [6.07, 6.45) is 0. The van der Waals surface area contributed by atoms with Gasteiger partial charge >= 0.3 is 0 Å². The van der Waals surface area contributed by atoms with Crippen LogP contribution in [0, 0.1) is 17.1 Å². The molecule has 0 radical (unpaired) electrons. The average Bonchev–Trinajstić information content (AvgIpc) is 2.48. The van der Waals surface area contributed by atoms with Gasteiger partial charge in [-0.25, -0.2) is 12.8 Å². The van der Waals surface area contributed by atoms with Crippen molar-refractivity contribution in [2.45, 2.75) is 24.3 Å². The van der Waals surface area contributed by atoms with E-state index in [4.69, 9.17) is 5.26 Å². The molecular formula is C14H18FN3O2S. The summed E-state index contributed by atoms with van der Waals surface area (Å²) in [6.45, 7) is 5.28. The van der Waals surface area contributed by atoms with Gasteiger partial charge in [0.15, 0.2) is 0 Å². The van der Waals surface area contributed by atoms with Crippen molar-refractivity contribution in [1.29, 1.82) is 5.26 Å². The van der Waals surface area contributed by atoms with Crippen molar-refractivity contribution in [3.8, 4) is 6.07 Å². The second-order valence-corrected chi connectivity index (χ2v) is 7.45. The van der Waals surface area contributed by atoms with E-state index < -0.39 is 21.4 Å². The SMILES string of the molecule is CC(C)(C#N)N1CCN(S(=O)(=O)c2ccc(F)cc2)CC1. The molecule has 21 heavy (non-hydrogen) atoms. The third-order valence-electron chi connectivity index (χ3n) is 3.75. The lowest BCUT2D eigenvalue weighted by Gasteiger charge is -2.39. The summed E-state index contributed by atoms with van der Waals surface area (Å²) >= 11 is 0. The summed E-state index contributed by atoms with van der Waals surface area (Å²) in [5.41, 5.74) is -0.605. The molecule has 0 amide bonds. The lowest BCUT2D eigenvalue weighted by atomic mass is 10.0. The van der Waals surface area contributed by atoms with Gasteiger partial charge in [-0.05, 0) is 38.1 Å². The van der Waals surface area contributed by atoms with Gasteiger partial charge in [-0.15, -0.1) is 0 Å². The van der Waals surface area contributed by atoms with Gasteiger partial charge in [0.1, 0.15) is 11.4 Å². The Labute approximate surface area is 124 Å². The minimum Gasteiger partial charge on any atom is -0.283 e. The zero-order chi connectivity index (χ0) is 15.7. The molecule has 1 heterocycles. The van der Waals surface area contributed by atoms with Gasteiger partial charge in [-0.2, -0.15) is 9.57 Å². The van der Waals surface area contributed by atoms with Gasteiger partial charge in [-0.3, -0.25) is 4.90 Å². The van der Waals surface area contributed by atoms with Crippen LogP contribution in [-0.4, -0.2) is 49.3 Å². The summed E-state index contributed by atoms with van der Waals surface area (Å²) in [5.74, 6) is -0.463. The Morgan fingerprint density at radius 2 is 1.67 bits per heavy atom. The van der Waals surface area contributed by atoms with Gasteiger partial charge in [0.25, 0.3) is 0 Å². The summed E-state index contributed by atoms with van der Waals surface area (Å²) in [5, 5.41) is 9.12. The van der Waals surface area contributed by atoms with Crippen LogP contribution in [0.3, 0.4) is 0 Å². The molecule has 5 nitrogen and oxygen atoms in total. The number of hydrogen-bond acceptors (Lipinski definition) is 4. The summed E-state index contributed by atoms with van der Waals surface area (Å²) in [6, 6.07) is 7.05. The zero-order valence-electron chi connectivity index (χ0n) is 12.1. The molecule has 1 saturated heterocycles. The van der Waals surface area contributed by atoms with E-state index >= 15 is 0 Å². The lowest BCUT2D eigenvalue weighted by molar-refractivity contribution is 0.115. The van der Waals surface area contributed by atoms with E-state index in [9.17, 15) is 12.8 Å². The first-order chi connectivity index (χ1) is 9.77. The Kier molecular flexibility index (Phi) is 4.33. The molecule has 0 bridgehead atoms. The van der Waals surface area contributed by atoms with Gasteiger partial charge in [0, 0.05) is 26.2 Å². The first-order valence-electron chi connectivity index (χ1n) is 6.69. The van der Waals surface area contributed by atoms with Gasteiger partial charge in [0.05, 0.1) is 11.0 Å². The zero-order valence-corrected chi connectivity index (χ0v) is 12.9. The molecule has 0 spiro atoms. The Balaban J connectivity index is 2.12. The highest BCUT2D eigenvalue weighted by Gasteiger charge is 2.34. The molecule has 0 saturated carbocycles. The highest BCUT2D eigenvalue weighted by atomic mass is 32.2. The molecule has 1 aromatic rings.